The lowest BCUT2D eigenvalue weighted by Gasteiger charge is -2.14. The first-order chi connectivity index (χ1) is 14.0. The first-order valence-corrected chi connectivity index (χ1v) is 10.4. The zero-order chi connectivity index (χ0) is 20.4. The number of carbonyl (C=O) groups is 1. The molecule has 29 heavy (non-hydrogen) atoms. The van der Waals surface area contributed by atoms with Crippen LogP contribution in [0.5, 0.6) is 0 Å². The summed E-state index contributed by atoms with van der Waals surface area (Å²) >= 11 is 1.64. The number of para-hydroxylation sites is 2. The number of amides is 1. The largest absolute Gasteiger partial charge is 0.361 e. The summed E-state index contributed by atoms with van der Waals surface area (Å²) in [7, 11) is 0. The van der Waals surface area contributed by atoms with Crippen LogP contribution < -0.4 is 5.32 Å². The van der Waals surface area contributed by atoms with E-state index in [9.17, 15) is 4.79 Å². The average Bonchev–Trinajstić information content (AvgIpc) is 3.29. The van der Waals surface area contributed by atoms with E-state index in [2.05, 4.69) is 20.4 Å². The summed E-state index contributed by atoms with van der Waals surface area (Å²) in [5.41, 5.74) is 5.49. The smallest absolute Gasteiger partial charge is 0.251 e. The Labute approximate surface area is 173 Å². The Morgan fingerprint density at radius 3 is 2.62 bits per heavy atom. The van der Waals surface area contributed by atoms with Crippen molar-refractivity contribution in [1.29, 1.82) is 0 Å². The van der Waals surface area contributed by atoms with Gasteiger partial charge in [0.15, 0.2) is 5.16 Å². The van der Waals surface area contributed by atoms with E-state index in [1.54, 1.807) is 11.8 Å². The molecule has 0 bridgehead atoms. The number of carbonyl (C=O) groups excluding carboxylic acids is 1. The van der Waals surface area contributed by atoms with Crippen molar-refractivity contribution >= 4 is 28.7 Å². The molecular formula is C22H22N4O2S. The molecule has 0 aliphatic rings. The number of fused-ring (bicyclic) bond motifs is 1. The SMILES string of the molecule is Cc1noc(C)c1C(C)NC(=O)c1ccc(CSc2nc3ccccc3[nH]2)cc1. The number of hydrogen-bond donors (Lipinski definition) is 2. The van der Waals surface area contributed by atoms with E-state index in [4.69, 9.17) is 4.52 Å². The fraction of sp³-hybridized carbons (Fsp3) is 0.227. The van der Waals surface area contributed by atoms with Crippen molar-refractivity contribution in [2.45, 2.75) is 37.7 Å². The van der Waals surface area contributed by atoms with Gasteiger partial charge in [0.1, 0.15) is 5.76 Å². The van der Waals surface area contributed by atoms with Gasteiger partial charge >= 0.3 is 0 Å². The molecule has 4 rings (SSSR count). The number of thioether (sulfide) groups is 1. The summed E-state index contributed by atoms with van der Waals surface area (Å²) in [5.74, 6) is 1.39. The van der Waals surface area contributed by atoms with Crippen LogP contribution in [0.25, 0.3) is 11.0 Å². The maximum Gasteiger partial charge on any atom is 0.251 e. The van der Waals surface area contributed by atoms with Crippen LogP contribution in [0.1, 0.15) is 45.9 Å². The highest BCUT2D eigenvalue weighted by Crippen LogP contribution is 2.24. The Balaban J connectivity index is 1.37. The number of aromatic amines is 1. The van der Waals surface area contributed by atoms with Crippen LogP contribution >= 0.6 is 11.8 Å². The van der Waals surface area contributed by atoms with E-state index in [0.717, 1.165) is 44.5 Å². The van der Waals surface area contributed by atoms with Crippen LogP contribution in [0.4, 0.5) is 0 Å². The molecule has 1 atom stereocenters. The van der Waals surface area contributed by atoms with Crippen LogP contribution in [0.2, 0.25) is 0 Å². The molecule has 2 aromatic heterocycles. The lowest BCUT2D eigenvalue weighted by atomic mass is 10.1. The summed E-state index contributed by atoms with van der Waals surface area (Å²) < 4.78 is 5.19. The minimum Gasteiger partial charge on any atom is -0.361 e. The molecule has 2 aromatic carbocycles. The zero-order valence-corrected chi connectivity index (χ0v) is 17.3. The highest BCUT2D eigenvalue weighted by atomic mass is 32.2. The summed E-state index contributed by atoms with van der Waals surface area (Å²) in [6.07, 6.45) is 0. The first-order valence-electron chi connectivity index (χ1n) is 9.41. The molecule has 148 valence electrons. The van der Waals surface area contributed by atoms with E-state index in [0.29, 0.717) is 5.56 Å². The van der Waals surface area contributed by atoms with Crippen molar-refractivity contribution in [2.24, 2.45) is 0 Å². The summed E-state index contributed by atoms with van der Waals surface area (Å²) in [5, 5.41) is 7.86. The van der Waals surface area contributed by atoms with Crippen LogP contribution in [0.15, 0.2) is 58.2 Å². The van der Waals surface area contributed by atoms with Crippen molar-refractivity contribution in [3.05, 3.63) is 76.7 Å². The van der Waals surface area contributed by atoms with E-state index in [1.165, 1.54) is 0 Å². The molecule has 0 aliphatic heterocycles. The van der Waals surface area contributed by atoms with E-state index < -0.39 is 0 Å². The number of hydrogen-bond acceptors (Lipinski definition) is 5. The van der Waals surface area contributed by atoms with Gasteiger partial charge in [-0.15, -0.1) is 0 Å². The third-order valence-corrected chi connectivity index (χ3v) is 5.77. The number of H-pyrrole nitrogens is 1. The fourth-order valence-electron chi connectivity index (χ4n) is 3.36. The second-order valence-corrected chi connectivity index (χ2v) is 7.94. The van der Waals surface area contributed by atoms with Gasteiger partial charge in [-0.05, 0) is 50.6 Å². The molecule has 0 spiro atoms. The Morgan fingerprint density at radius 1 is 1.17 bits per heavy atom. The predicted molar refractivity (Wildman–Crippen MR) is 114 cm³/mol. The van der Waals surface area contributed by atoms with Gasteiger partial charge in [0.05, 0.1) is 22.8 Å². The first kappa shape index (κ1) is 19.3. The zero-order valence-electron chi connectivity index (χ0n) is 16.5. The standard InChI is InChI=1S/C22H22N4O2S/c1-13(20-14(2)26-28-15(20)3)23-21(27)17-10-8-16(9-11-17)12-29-22-24-18-6-4-5-7-19(18)25-22/h4-11,13H,12H2,1-3H3,(H,23,27)(H,24,25). The van der Waals surface area contributed by atoms with Gasteiger partial charge in [-0.3, -0.25) is 4.79 Å². The van der Waals surface area contributed by atoms with Gasteiger partial charge in [-0.2, -0.15) is 0 Å². The van der Waals surface area contributed by atoms with Crippen molar-refractivity contribution < 1.29 is 9.32 Å². The lowest BCUT2D eigenvalue weighted by molar-refractivity contribution is 0.0939. The normalized spacial score (nSPS) is 12.2. The third-order valence-electron chi connectivity index (χ3n) is 4.83. The molecule has 1 unspecified atom stereocenters. The molecular weight excluding hydrogens is 384 g/mol. The Morgan fingerprint density at radius 2 is 1.93 bits per heavy atom. The highest BCUT2D eigenvalue weighted by Gasteiger charge is 2.18. The quantitative estimate of drug-likeness (QED) is 0.443. The van der Waals surface area contributed by atoms with E-state index in [1.807, 2.05) is 69.3 Å². The molecule has 0 aliphatic carbocycles. The number of imidazole rings is 1. The van der Waals surface area contributed by atoms with Crippen molar-refractivity contribution in [1.82, 2.24) is 20.4 Å². The predicted octanol–water partition coefficient (Wildman–Crippen LogP) is 4.95. The fourth-order valence-corrected chi connectivity index (χ4v) is 4.20. The maximum absolute atomic E-state index is 12.6. The molecule has 2 heterocycles. The second kappa shape index (κ2) is 8.13. The number of aromatic nitrogens is 3. The van der Waals surface area contributed by atoms with Crippen LogP contribution in [-0.2, 0) is 5.75 Å². The second-order valence-electron chi connectivity index (χ2n) is 6.98. The highest BCUT2D eigenvalue weighted by molar-refractivity contribution is 7.98. The molecule has 4 aromatic rings. The molecule has 0 fully saturated rings. The lowest BCUT2D eigenvalue weighted by Crippen LogP contribution is -2.27. The molecule has 0 saturated carbocycles. The molecule has 6 nitrogen and oxygen atoms in total. The molecule has 2 N–H and O–H groups in total. The Kier molecular flexibility index (Phi) is 5.40. The van der Waals surface area contributed by atoms with Gasteiger partial charge in [-0.1, -0.05) is 41.2 Å². The van der Waals surface area contributed by atoms with Gasteiger partial charge in [0.25, 0.3) is 5.91 Å². The summed E-state index contributed by atoms with van der Waals surface area (Å²) in [6.45, 7) is 5.66. The summed E-state index contributed by atoms with van der Waals surface area (Å²) in [4.78, 5) is 20.5. The number of benzene rings is 2. The van der Waals surface area contributed by atoms with Crippen LogP contribution in [0, 0.1) is 13.8 Å². The van der Waals surface area contributed by atoms with Gasteiger partial charge in [-0.25, -0.2) is 4.98 Å². The van der Waals surface area contributed by atoms with E-state index in [-0.39, 0.29) is 11.9 Å². The van der Waals surface area contributed by atoms with Gasteiger partial charge in [0, 0.05) is 16.9 Å². The van der Waals surface area contributed by atoms with Crippen LogP contribution in [-0.4, -0.2) is 21.0 Å². The molecule has 1 amide bonds. The average molecular weight is 407 g/mol. The maximum atomic E-state index is 12.6. The van der Waals surface area contributed by atoms with Crippen molar-refractivity contribution in [2.75, 3.05) is 0 Å². The number of aryl methyl sites for hydroxylation is 2. The number of nitrogens with one attached hydrogen (secondary N) is 2. The topological polar surface area (TPSA) is 83.8 Å². The Bertz CT molecular complexity index is 1090. The van der Waals surface area contributed by atoms with Crippen LogP contribution in [0.3, 0.4) is 0 Å². The van der Waals surface area contributed by atoms with Gasteiger partial charge in [0.2, 0.25) is 0 Å². The third kappa shape index (κ3) is 4.19. The number of rotatable bonds is 6. The van der Waals surface area contributed by atoms with Gasteiger partial charge < -0.3 is 14.8 Å². The molecule has 7 heteroatoms. The molecule has 0 saturated heterocycles. The minimum absolute atomic E-state index is 0.117. The van der Waals surface area contributed by atoms with Crippen molar-refractivity contribution in [3.8, 4) is 0 Å². The minimum atomic E-state index is -0.169. The van der Waals surface area contributed by atoms with Crippen molar-refractivity contribution in [3.63, 3.8) is 0 Å². The Hall–Kier alpha value is -3.06. The molecule has 0 radical (unpaired) electrons. The number of nitrogens with zero attached hydrogens (tertiary/aromatic N) is 2. The monoisotopic (exact) mass is 406 g/mol. The van der Waals surface area contributed by atoms with E-state index >= 15 is 0 Å². The summed E-state index contributed by atoms with van der Waals surface area (Å²) in [6, 6.07) is 15.5.